The fourth-order valence-corrected chi connectivity index (χ4v) is 2.82. The summed E-state index contributed by atoms with van der Waals surface area (Å²) in [5.74, 6) is 0.608. The molecule has 3 heterocycles. The van der Waals surface area contributed by atoms with E-state index < -0.39 is 0 Å². The summed E-state index contributed by atoms with van der Waals surface area (Å²) in [4.78, 5) is 29.0. The Hall–Kier alpha value is -1.93. The third-order valence-electron chi connectivity index (χ3n) is 3.18. The Kier molecular flexibility index (Phi) is 4.12. The van der Waals surface area contributed by atoms with Gasteiger partial charge in [0.1, 0.15) is 17.7 Å². The van der Waals surface area contributed by atoms with Gasteiger partial charge in [-0.1, -0.05) is 31.3 Å². The number of aromatic nitrogens is 6. The summed E-state index contributed by atoms with van der Waals surface area (Å²) in [6, 6.07) is 0. The van der Waals surface area contributed by atoms with E-state index in [0.717, 1.165) is 16.0 Å². The van der Waals surface area contributed by atoms with Crippen molar-refractivity contribution in [2.75, 3.05) is 0 Å². The van der Waals surface area contributed by atoms with Gasteiger partial charge in [0.2, 0.25) is 0 Å². The molecule has 3 aromatic rings. The fourth-order valence-electron chi connectivity index (χ4n) is 2.20. The first-order valence-corrected chi connectivity index (χ1v) is 7.50. The molecule has 0 aromatic carbocycles. The molecule has 0 N–H and O–H groups in total. The molecule has 0 saturated heterocycles. The van der Waals surface area contributed by atoms with Crippen LogP contribution in [0.25, 0.3) is 11.2 Å². The van der Waals surface area contributed by atoms with Crippen molar-refractivity contribution in [3.05, 3.63) is 45.7 Å². The van der Waals surface area contributed by atoms with Gasteiger partial charge in [0.15, 0.2) is 10.8 Å². The Balaban J connectivity index is 2.20. The van der Waals surface area contributed by atoms with Crippen LogP contribution in [0, 0.1) is 0 Å². The lowest BCUT2D eigenvalue weighted by Gasteiger charge is -2.04. The second-order valence-electron chi connectivity index (χ2n) is 4.78. The lowest BCUT2D eigenvalue weighted by Crippen LogP contribution is -2.21. The van der Waals surface area contributed by atoms with Crippen LogP contribution in [0.2, 0.25) is 5.15 Å². The van der Waals surface area contributed by atoms with Crippen molar-refractivity contribution in [3.63, 3.8) is 0 Å². The number of imidazole rings is 1. The van der Waals surface area contributed by atoms with Crippen LogP contribution >= 0.6 is 24.4 Å². The molecule has 0 spiro atoms. The van der Waals surface area contributed by atoms with Crippen molar-refractivity contribution >= 4 is 35.6 Å². The van der Waals surface area contributed by atoms with E-state index in [1.165, 1.54) is 10.9 Å². The van der Waals surface area contributed by atoms with Crippen LogP contribution in [-0.4, -0.2) is 28.5 Å². The quantitative estimate of drug-likeness (QED) is 0.580. The fraction of sp³-hybridized carbons (Fsp3) is 0.308. The molecular formula is C13H13ClN6OS. The number of halogens is 1. The van der Waals surface area contributed by atoms with Crippen LogP contribution in [0.4, 0.5) is 0 Å². The summed E-state index contributed by atoms with van der Waals surface area (Å²) in [6.07, 6.45) is 6.32. The molecule has 3 rings (SSSR count). The van der Waals surface area contributed by atoms with Crippen molar-refractivity contribution < 1.29 is 0 Å². The van der Waals surface area contributed by atoms with Gasteiger partial charge in [0.25, 0.3) is 0 Å². The number of thiol groups is 1. The number of fused-ring (bicyclic) bond motifs is 1. The van der Waals surface area contributed by atoms with Gasteiger partial charge in [-0.3, -0.25) is 4.57 Å². The molecule has 0 amide bonds. The van der Waals surface area contributed by atoms with E-state index in [1.807, 2.05) is 6.92 Å². The summed E-state index contributed by atoms with van der Waals surface area (Å²) in [7, 11) is 0. The first-order valence-electron chi connectivity index (χ1n) is 6.72. The van der Waals surface area contributed by atoms with Gasteiger partial charge < -0.3 is 0 Å². The zero-order valence-electron chi connectivity index (χ0n) is 11.8. The minimum absolute atomic E-state index is 0.226. The molecule has 0 bridgehead atoms. The molecular weight excluding hydrogens is 324 g/mol. The van der Waals surface area contributed by atoms with Crippen LogP contribution in [0.3, 0.4) is 0 Å². The van der Waals surface area contributed by atoms with Gasteiger partial charge >= 0.3 is 5.69 Å². The summed E-state index contributed by atoms with van der Waals surface area (Å²) < 4.78 is 2.66. The zero-order chi connectivity index (χ0) is 15.7. The van der Waals surface area contributed by atoms with E-state index in [1.54, 1.807) is 12.4 Å². The average molecular weight is 337 g/mol. The Bertz CT molecular complexity index is 876. The number of hydrogen-bond acceptors (Lipinski definition) is 6. The highest BCUT2D eigenvalue weighted by Crippen LogP contribution is 2.21. The van der Waals surface area contributed by atoms with Gasteiger partial charge in [0, 0.05) is 24.4 Å². The third-order valence-corrected chi connectivity index (χ3v) is 3.81. The van der Waals surface area contributed by atoms with Crippen LogP contribution in [0.15, 0.2) is 23.5 Å². The molecule has 114 valence electrons. The highest BCUT2D eigenvalue weighted by Gasteiger charge is 2.18. The van der Waals surface area contributed by atoms with Gasteiger partial charge in [-0.15, -0.1) is 0 Å². The summed E-state index contributed by atoms with van der Waals surface area (Å²) in [5.41, 5.74) is 1.34. The van der Waals surface area contributed by atoms with E-state index in [2.05, 4.69) is 32.8 Å². The molecule has 0 aliphatic rings. The Morgan fingerprint density at radius 1 is 1.27 bits per heavy atom. The maximum Gasteiger partial charge on any atom is 0.340 e. The standard InChI is InChI=1S/C13H13ClN6OS/c1-2-3-9-17-11(14)10-12(18-9)19(13(21)20(10)22)6-8-4-15-7-16-5-8/h4-5,7,22H,2-3,6H2,1H3. The van der Waals surface area contributed by atoms with Crippen LogP contribution < -0.4 is 5.69 Å². The lowest BCUT2D eigenvalue weighted by molar-refractivity contribution is 0.756. The van der Waals surface area contributed by atoms with Crippen LogP contribution in [-0.2, 0) is 13.0 Å². The molecule has 0 saturated carbocycles. The van der Waals surface area contributed by atoms with Crippen molar-refractivity contribution in [3.8, 4) is 0 Å². The third kappa shape index (κ3) is 2.59. The predicted molar refractivity (Wildman–Crippen MR) is 86.3 cm³/mol. The van der Waals surface area contributed by atoms with Crippen molar-refractivity contribution in [1.29, 1.82) is 0 Å². The van der Waals surface area contributed by atoms with Crippen LogP contribution in [0.1, 0.15) is 24.7 Å². The Morgan fingerprint density at radius 2 is 2.00 bits per heavy atom. The molecule has 0 atom stereocenters. The topological polar surface area (TPSA) is 78.5 Å². The highest BCUT2D eigenvalue weighted by atomic mass is 35.5. The van der Waals surface area contributed by atoms with E-state index in [4.69, 9.17) is 11.6 Å². The first-order chi connectivity index (χ1) is 10.6. The second-order valence-corrected chi connectivity index (χ2v) is 5.54. The van der Waals surface area contributed by atoms with E-state index in [9.17, 15) is 4.79 Å². The zero-order valence-corrected chi connectivity index (χ0v) is 13.4. The summed E-state index contributed by atoms with van der Waals surface area (Å²) in [5, 5.41) is 0.226. The van der Waals surface area contributed by atoms with Crippen molar-refractivity contribution in [2.45, 2.75) is 26.3 Å². The number of rotatable bonds is 4. The molecule has 22 heavy (non-hydrogen) atoms. The molecule has 9 heteroatoms. The average Bonchev–Trinajstić information content (AvgIpc) is 2.74. The maximum atomic E-state index is 12.4. The van der Waals surface area contributed by atoms with E-state index in [0.29, 0.717) is 30.0 Å². The normalized spacial score (nSPS) is 11.2. The summed E-state index contributed by atoms with van der Waals surface area (Å²) in [6.45, 7) is 2.32. The number of aryl methyl sites for hydroxylation is 1. The SMILES string of the molecule is CCCc1nc(Cl)c2c(n1)n(Cc1cncnc1)c(=O)n2S. The monoisotopic (exact) mass is 336 g/mol. The smallest absolute Gasteiger partial charge is 0.271 e. The van der Waals surface area contributed by atoms with E-state index in [-0.39, 0.29) is 10.8 Å². The predicted octanol–water partition coefficient (Wildman–Crippen LogP) is 1.73. The highest BCUT2D eigenvalue weighted by molar-refractivity contribution is 7.78. The maximum absolute atomic E-state index is 12.4. The number of nitrogens with zero attached hydrogens (tertiary/aromatic N) is 6. The van der Waals surface area contributed by atoms with Crippen molar-refractivity contribution in [1.82, 2.24) is 28.5 Å². The van der Waals surface area contributed by atoms with E-state index >= 15 is 0 Å². The molecule has 0 radical (unpaired) electrons. The van der Waals surface area contributed by atoms with Crippen molar-refractivity contribution in [2.24, 2.45) is 0 Å². The molecule has 0 aliphatic carbocycles. The Morgan fingerprint density at radius 3 is 2.68 bits per heavy atom. The molecule has 0 fully saturated rings. The van der Waals surface area contributed by atoms with Gasteiger partial charge in [-0.05, 0) is 6.42 Å². The lowest BCUT2D eigenvalue weighted by atomic mass is 10.3. The molecule has 0 unspecified atom stereocenters. The summed E-state index contributed by atoms with van der Waals surface area (Å²) >= 11 is 10.4. The van der Waals surface area contributed by atoms with Gasteiger partial charge in [-0.25, -0.2) is 28.7 Å². The molecule has 7 nitrogen and oxygen atoms in total. The second kappa shape index (κ2) is 6.05. The minimum atomic E-state index is -0.327. The number of hydrogen-bond donors (Lipinski definition) is 1. The molecule has 3 aromatic heterocycles. The van der Waals surface area contributed by atoms with Gasteiger partial charge in [-0.2, -0.15) is 0 Å². The first kappa shape index (κ1) is 15.0. The minimum Gasteiger partial charge on any atom is -0.271 e. The van der Waals surface area contributed by atoms with Crippen LogP contribution in [0.5, 0.6) is 0 Å². The van der Waals surface area contributed by atoms with Gasteiger partial charge in [0.05, 0.1) is 6.54 Å². The molecule has 0 aliphatic heterocycles. The Labute approximate surface area is 136 Å². The largest absolute Gasteiger partial charge is 0.340 e.